The predicted octanol–water partition coefficient (Wildman–Crippen LogP) is 5.23. The van der Waals surface area contributed by atoms with Gasteiger partial charge in [0, 0.05) is 20.5 Å². The van der Waals surface area contributed by atoms with Gasteiger partial charge in [-0.2, -0.15) is 0 Å². The van der Waals surface area contributed by atoms with Crippen LogP contribution in [0.3, 0.4) is 0 Å². The Kier molecular flexibility index (Phi) is 3.36. The van der Waals surface area contributed by atoms with Gasteiger partial charge in [-0.15, -0.1) is 0 Å². The van der Waals surface area contributed by atoms with Crippen LogP contribution in [0.25, 0.3) is 10.8 Å². The highest BCUT2D eigenvalue weighted by Gasteiger charge is 2.07. The van der Waals surface area contributed by atoms with Crippen molar-refractivity contribution in [1.82, 2.24) is 0 Å². The number of fused-ring (bicyclic) bond motifs is 1. The Balaban J connectivity index is 2.09. The van der Waals surface area contributed by atoms with Crippen molar-refractivity contribution in [3.63, 3.8) is 0 Å². The average Bonchev–Trinajstić information content (AvgIpc) is 2.44. The maximum absolute atomic E-state index is 6.12. The highest BCUT2D eigenvalue weighted by molar-refractivity contribution is 7.99. The zero-order valence-electron chi connectivity index (χ0n) is 10.1. The molecule has 0 saturated heterocycles. The lowest BCUT2D eigenvalue weighted by Crippen LogP contribution is -1.89. The molecule has 19 heavy (non-hydrogen) atoms. The number of halogens is 1. The molecule has 0 heterocycles. The molecule has 0 bridgehead atoms. The number of nitrogen functional groups attached to an aromatic ring is 1. The number of anilines is 1. The largest absolute Gasteiger partial charge is 0.398 e. The van der Waals surface area contributed by atoms with E-state index in [4.69, 9.17) is 17.3 Å². The molecular weight excluding hydrogens is 274 g/mol. The zero-order chi connectivity index (χ0) is 13.2. The summed E-state index contributed by atoms with van der Waals surface area (Å²) in [6.07, 6.45) is 0. The standard InChI is InChI=1S/C16H12ClNS/c17-12-6-8-13(9-7-12)19-16-14-4-2-1-3-11(14)5-10-15(16)18/h1-10H,18H2. The molecule has 0 aliphatic heterocycles. The molecule has 3 heteroatoms. The third-order valence-corrected chi connectivity index (χ3v) is 4.36. The van der Waals surface area contributed by atoms with Gasteiger partial charge in [0.25, 0.3) is 0 Å². The number of nitrogens with two attached hydrogens (primary N) is 1. The molecule has 1 nitrogen and oxygen atoms in total. The molecule has 0 fully saturated rings. The van der Waals surface area contributed by atoms with E-state index in [0.717, 1.165) is 20.5 Å². The summed E-state index contributed by atoms with van der Waals surface area (Å²) in [5, 5.41) is 3.13. The van der Waals surface area contributed by atoms with Crippen LogP contribution in [-0.4, -0.2) is 0 Å². The second kappa shape index (κ2) is 5.16. The summed E-state index contributed by atoms with van der Waals surface area (Å²) in [5.41, 5.74) is 6.92. The third-order valence-electron chi connectivity index (χ3n) is 2.94. The first-order valence-electron chi connectivity index (χ1n) is 5.95. The first kappa shape index (κ1) is 12.4. The van der Waals surface area contributed by atoms with Gasteiger partial charge in [-0.3, -0.25) is 0 Å². The van der Waals surface area contributed by atoms with Crippen LogP contribution in [0.2, 0.25) is 5.02 Å². The van der Waals surface area contributed by atoms with Gasteiger partial charge in [0.1, 0.15) is 0 Å². The van der Waals surface area contributed by atoms with Crippen molar-refractivity contribution in [1.29, 1.82) is 0 Å². The van der Waals surface area contributed by atoms with Gasteiger partial charge >= 0.3 is 0 Å². The van der Waals surface area contributed by atoms with Crippen molar-refractivity contribution in [2.75, 3.05) is 5.73 Å². The molecule has 0 spiro atoms. The van der Waals surface area contributed by atoms with Gasteiger partial charge in [0.15, 0.2) is 0 Å². The smallest absolute Gasteiger partial charge is 0.0462 e. The normalized spacial score (nSPS) is 10.8. The lowest BCUT2D eigenvalue weighted by molar-refractivity contribution is 1.44. The topological polar surface area (TPSA) is 26.0 Å². The third kappa shape index (κ3) is 2.55. The molecule has 0 unspecified atom stereocenters. The maximum Gasteiger partial charge on any atom is 0.0462 e. The van der Waals surface area contributed by atoms with E-state index >= 15 is 0 Å². The number of hydrogen-bond donors (Lipinski definition) is 1. The minimum Gasteiger partial charge on any atom is -0.398 e. The first-order valence-corrected chi connectivity index (χ1v) is 7.14. The Morgan fingerprint density at radius 3 is 2.37 bits per heavy atom. The van der Waals surface area contributed by atoms with Gasteiger partial charge in [-0.25, -0.2) is 0 Å². The van der Waals surface area contributed by atoms with Crippen LogP contribution >= 0.6 is 23.4 Å². The van der Waals surface area contributed by atoms with Crippen molar-refractivity contribution in [3.8, 4) is 0 Å². The average molecular weight is 286 g/mol. The Bertz CT molecular complexity index is 722. The molecule has 0 aromatic heterocycles. The molecule has 2 N–H and O–H groups in total. The van der Waals surface area contributed by atoms with Crippen LogP contribution in [-0.2, 0) is 0 Å². The summed E-state index contributed by atoms with van der Waals surface area (Å²) >= 11 is 7.58. The van der Waals surface area contributed by atoms with E-state index in [0.29, 0.717) is 0 Å². The number of hydrogen-bond acceptors (Lipinski definition) is 2. The molecule has 3 aromatic carbocycles. The van der Waals surface area contributed by atoms with Crippen LogP contribution in [0.15, 0.2) is 70.5 Å². The van der Waals surface area contributed by atoms with Gasteiger partial charge in [-0.1, -0.05) is 53.7 Å². The van der Waals surface area contributed by atoms with Crippen molar-refractivity contribution in [2.24, 2.45) is 0 Å². The van der Waals surface area contributed by atoms with Crippen LogP contribution in [0.5, 0.6) is 0 Å². The van der Waals surface area contributed by atoms with Gasteiger partial charge in [-0.05, 0) is 41.1 Å². The van der Waals surface area contributed by atoms with E-state index in [1.807, 2.05) is 42.5 Å². The lowest BCUT2D eigenvalue weighted by atomic mass is 10.1. The van der Waals surface area contributed by atoms with Crippen molar-refractivity contribution in [3.05, 3.63) is 65.7 Å². The lowest BCUT2D eigenvalue weighted by Gasteiger charge is -2.09. The van der Waals surface area contributed by atoms with E-state index in [1.165, 1.54) is 10.8 Å². The van der Waals surface area contributed by atoms with Crippen LogP contribution in [0.1, 0.15) is 0 Å². The highest BCUT2D eigenvalue weighted by atomic mass is 35.5. The Morgan fingerprint density at radius 2 is 1.58 bits per heavy atom. The summed E-state index contributed by atoms with van der Waals surface area (Å²) < 4.78 is 0. The van der Waals surface area contributed by atoms with E-state index in [1.54, 1.807) is 11.8 Å². The van der Waals surface area contributed by atoms with Gasteiger partial charge in [0.05, 0.1) is 0 Å². The van der Waals surface area contributed by atoms with Crippen LogP contribution in [0.4, 0.5) is 5.69 Å². The zero-order valence-corrected chi connectivity index (χ0v) is 11.7. The Labute approximate surface area is 121 Å². The SMILES string of the molecule is Nc1ccc2ccccc2c1Sc1ccc(Cl)cc1. The van der Waals surface area contributed by atoms with E-state index < -0.39 is 0 Å². The molecule has 94 valence electrons. The fourth-order valence-electron chi connectivity index (χ4n) is 1.99. The Hall–Kier alpha value is -1.64. The maximum atomic E-state index is 6.12. The summed E-state index contributed by atoms with van der Waals surface area (Å²) in [6.45, 7) is 0. The summed E-state index contributed by atoms with van der Waals surface area (Å²) in [5.74, 6) is 0. The van der Waals surface area contributed by atoms with Crippen molar-refractivity contribution in [2.45, 2.75) is 9.79 Å². The van der Waals surface area contributed by atoms with Crippen LogP contribution < -0.4 is 5.73 Å². The minimum absolute atomic E-state index is 0.746. The molecule has 0 aliphatic carbocycles. The molecule has 0 saturated carbocycles. The molecule has 3 aromatic rings. The Morgan fingerprint density at radius 1 is 0.842 bits per heavy atom. The molecular formula is C16H12ClNS. The van der Waals surface area contributed by atoms with Gasteiger partial charge < -0.3 is 5.73 Å². The molecule has 0 aliphatic rings. The molecule has 0 amide bonds. The molecule has 0 radical (unpaired) electrons. The highest BCUT2D eigenvalue weighted by Crippen LogP contribution is 2.38. The predicted molar refractivity (Wildman–Crippen MR) is 83.9 cm³/mol. The van der Waals surface area contributed by atoms with E-state index in [2.05, 4.69) is 18.2 Å². The van der Waals surface area contributed by atoms with Gasteiger partial charge in [0.2, 0.25) is 0 Å². The van der Waals surface area contributed by atoms with Crippen molar-refractivity contribution >= 4 is 39.8 Å². The second-order valence-corrected chi connectivity index (χ2v) is 5.78. The van der Waals surface area contributed by atoms with E-state index in [-0.39, 0.29) is 0 Å². The quantitative estimate of drug-likeness (QED) is 0.653. The van der Waals surface area contributed by atoms with E-state index in [9.17, 15) is 0 Å². The summed E-state index contributed by atoms with van der Waals surface area (Å²) in [6, 6.07) is 20.1. The monoisotopic (exact) mass is 285 g/mol. The van der Waals surface area contributed by atoms with Crippen molar-refractivity contribution < 1.29 is 0 Å². The van der Waals surface area contributed by atoms with Crippen LogP contribution in [0, 0.1) is 0 Å². The summed E-state index contributed by atoms with van der Waals surface area (Å²) in [4.78, 5) is 2.23. The first-order chi connectivity index (χ1) is 9.24. The number of rotatable bonds is 2. The second-order valence-electron chi connectivity index (χ2n) is 4.26. The minimum atomic E-state index is 0.746. The fraction of sp³-hybridized carbons (Fsp3) is 0. The fourth-order valence-corrected chi connectivity index (χ4v) is 3.11. The summed E-state index contributed by atoms with van der Waals surface area (Å²) in [7, 11) is 0. The number of benzene rings is 3. The molecule has 0 atom stereocenters. The molecule has 3 rings (SSSR count).